The standard InChI is InChI=1S/C10H12F3N3O2S/c1-5(18-4-10(11,12)13)7(17)14-9-16-15-8(19-9)6-2-3-6/h5-6H,2-4H2,1H3,(H,14,16,17). The molecule has 1 N–H and O–H groups in total. The van der Waals surface area contributed by atoms with Gasteiger partial charge in [-0.1, -0.05) is 11.3 Å². The van der Waals surface area contributed by atoms with E-state index in [0.29, 0.717) is 5.92 Å². The Labute approximate surface area is 111 Å². The Morgan fingerprint density at radius 3 is 2.79 bits per heavy atom. The monoisotopic (exact) mass is 295 g/mol. The van der Waals surface area contributed by atoms with Gasteiger partial charge in [0, 0.05) is 5.92 Å². The minimum Gasteiger partial charge on any atom is -0.359 e. The van der Waals surface area contributed by atoms with Crippen molar-refractivity contribution in [2.45, 2.75) is 38.0 Å². The lowest BCUT2D eigenvalue weighted by molar-refractivity contribution is -0.184. The number of hydrogen-bond donors (Lipinski definition) is 1. The molecule has 0 aromatic carbocycles. The highest BCUT2D eigenvalue weighted by molar-refractivity contribution is 7.15. The molecule has 1 aliphatic carbocycles. The van der Waals surface area contributed by atoms with Crippen molar-refractivity contribution in [2.75, 3.05) is 11.9 Å². The second-order valence-corrected chi connectivity index (χ2v) is 5.29. The molecule has 106 valence electrons. The molecule has 1 atom stereocenters. The molecule has 1 saturated carbocycles. The lowest BCUT2D eigenvalue weighted by atomic mass is 10.4. The maximum Gasteiger partial charge on any atom is 0.411 e. The van der Waals surface area contributed by atoms with Gasteiger partial charge in [0.05, 0.1) is 0 Å². The van der Waals surface area contributed by atoms with E-state index in [4.69, 9.17) is 0 Å². The van der Waals surface area contributed by atoms with Crippen molar-refractivity contribution < 1.29 is 22.7 Å². The summed E-state index contributed by atoms with van der Waals surface area (Å²) in [5, 5.41) is 11.2. The van der Waals surface area contributed by atoms with E-state index in [-0.39, 0.29) is 5.13 Å². The number of carbonyl (C=O) groups excluding carboxylic acids is 1. The summed E-state index contributed by atoms with van der Waals surface area (Å²) in [6.07, 6.45) is -3.52. The Hall–Kier alpha value is -1.22. The van der Waals surface area contributed by atoms with Gasteiger partial charge in [0.15, 0.2) is 0 Å². The number of alkyl halides is 3. The van der Waals surface area contributed by atoms with Crippen molar-refractivity contribution in [1.82, 2.24) is 10.2 Å². The minimum atomic E-state index is -4.45. The van der Waals surface area contributed by atoms with Crippen molar-refractivity contribution >= 4 is 22.4 Å². The number of halogens is 3. The van der Waals surface area contributed by atoms with Gasteiger partial charge in [0.2, 0.25) is 5.13 Å². The van der Waals surface area contributed by atoms with Crippen LogP contribution in [0.3, 0.4) is 0 Å². The average Bonchev–Trinajstić information content (AvgIpc) is 3.06. The Morgan fingerprint density at radius 1 is 1.53 bits per heavy atom. The first-order valence-electron chi connectivity index (χ1n) is 5.68. The molecule has 0 spiro atoms. The van der Waals surface area contributed by atoms with Gasteiger partial charge in [-0.05, 0) is 19.8 Å². The number of rotatable bonds is 5. The van der Waals surface area contributed by atoms with Crippen molar-refractivity contribution in [2.24, 2.45) is 0 Å². The van der Waals surface area contributed by atoms with Gasteiger partial charge in [0.1, 0.15) is 17.7 Å². The minimum absolute atomic E-state index is 0.286. The molecular weight excluding hydrogens is 283 g/mol. The van der Waals surface area contributed by atoms with E-state index >= 15 is 0 Å². The molecule has 0 bridgehead atoms. The number of aromatic nitrogens is 2. The highest BCUT2D eigenvalue weighted by Gasteiger charge is 2.31. The molecule has 19 heavy (non-hydrogen) atoms. The predicted octanol–water partition coefficient (Wildman–Crippen LogP) is 2.32. The van der Waals surface area contributed by atoms with Crippen LogP contribution in [0, 0.1) is 0 Å². The molecule has 1 aliphatic rings. The quantitative estimate of drug-likeness (QED) is 0.905. The predicted molar refractivity (Wildman–Crippen MR) is 62.0 cm³/mol. The van der Waals surface area contributed by atoms with Gasteiger partial charge in [-0.3, -0.25) is 10.1 Å². The molecule has 0 aliphatic heterocycles. The summed E-state index contributed by atoms with van der Waals surface area (Å²) in [5.41, 5.74) is 0. The largest absolute Gasteiger partial charge is 0.411 e. The molecule has 1 unspecified atom stereocenters. The van der Waals surface area contributed by atoms with E-state index < -0.39 is 24.8 Å². The third-order valence-electron chi connectivity index (χ3n) is 2.46. The van der Waals surface area contributed by atoms with Crippen LogP contribution in [-0.2, 0) is 9.53 Å². The zero-order valence-electron chi connectivity index (χ0n) is 10.0. The molecule has 1 aromatic heterocycles. The van der Waals surface area contributed by atoms with Crippen LogP contribution in [0.1, 0.15) is 30.7 Å². The van der Waals surface area contributed by atoms with Crippen LogP contribution in [0.15, 0.2) is 0 Å². The Kier molecular flexibility index (Phi) is 4.04. The number of carbonyl (C=O) groups is 1. The molecule has 1 aromatic rings. The summed E-state index contributed by atoms with van der Waals surface area (Å²) >= 11 is 1.24. The fourth-order valence-corrected chi connectivity index (χ4v) is 2.20. The second-order valence-electron chi connectivity index (χ2n) is 4.28. The zero-order chi connectivity index (χ0) is 14.0. The fraction of sp³-hybridized carbons (Fsp3) is 0.700. The average molecular weight is 295 g/mol. The van der Waals surface area contributed by atoms with E-state index in [2.05, 4.69) is 20.3 Å². The van der Waals surface area contributed by atoms with E-state index in [1.807, 2.05) is 0 Å². The fourth-order valence-electron chi connectivity index (χ4n) is 1.28. The summed E-state index contributed by atoms with van der Waals surface area (Å²) in [6, 6.07) is 0. The first-order chi connectivity index (χ1) is 8.85. The third kappa shape index (κ3) is 4.43. The van der Waals surface area contributed by atoms with E-state index in [1.165, 1.54) is 18.3 Å². The summed E-state index contributed by atoms with van der Waals surface area (Å²) < 4.78 is 40.2. The maximum absolute atomic E-state index is 11.9. The molecule has 9 heteroatoms. The smallest absolute Gasteiger partial charge is 0.359 e. The number of amides is 1. The zero-order valence-corrected chi connectivity index (χ0v) is 10.8. The molecule has 1 amide bonds. The van der Waals surface area contributed by atoms with Crippen LogP contribution < -0.4 is 5.32 Å². The van der Waals surface area contributed by atoms with Crippen LogP contribution in [0.5, 0.6) is 0 Å². The first-order valence-corrected chi connectivity index (χ1v) is 6.49. The van der Waals surface area contributed by atoms with Gasteiger partial charge in [-0.2, -0.15) is 13.2 Å². The summed E-state index contributed by atoms with van der Waals surface area (Å²) in [4.78, 5) is 11.6. The maximum atomic E-state index is 11.9. The highest BCUT2D eigenvalue weighted by atomic mass is 32.1. The Morgan fingerprint density at radius 2 is 2.21 bits per heavy atom. The van der Waals surface area contributed by atoms with Crippen molar-refractivity contribution in [3.05, 3.63) is 5.01 Å². The molecule has 1 heterocycles. The summed E-state index contributed by atoms with van der Waals surface area (Å²) in [6.45, 7) is -0.199. The normalized spacial score (nSPS) is 17.3. The van der Waals surface area contributed by atoms with Crippen LogP contribution in [-0.4, -0.2) is 35.0 Å². The molecular formula is C10H12F3N3O2S. The molecule has 2 rings (SSSR count). The lowest BCUT2D eigenvalue weighted by Gasteiger charge is -2.13. The Bertz CT molecular complexity index is 459. The third-order valence-corrected chi connectivity index (χ3v) is 3.46. The SMILES string of the molecule is CC(OCC(F)(F)F)C(=O)Nc1nnc(C2CC2)s1. The Balaban J connectivity index is 1.81. The van der Waals surface area contributed by atoms with Crippen LogP contribution in [0.25, 0.3) is 0 Å². The van der Waals surface area contributed by atoms with Gasteiger partial charge in [-0.25, -0.2) is 0 Å². The second kappa shape index (κ2) is 5.41. The van der Waals surface area contributed by atoms with Gasteiger partial charge in [-0.15, -0.1) is 10.2 Å². The number of hydrogen-bond acceptors (Lipinski definition) is 5. The topological polar surface area (TPSA) is 64.1 Å². The first kappa shape index (κ1) is 14.2. The van der Waals surface area contributed by atoms with Gasteiger partial charge in [0.25, 0.3) is 5.91 Å². The van der Waals surface area contributed by atoms with E-state index in [9.17, 15) is 18.0 Å². The van der Waals surface area contributed by atoms with Crippen LogP contribution in [0.2, 0.25) is 0 Å². The van der Waals surface area contributed by atoms with Gasteiger partial charge >= 0.3 is 6.18 Å². The van der Waals surface area contributed by atoms with E-state index in [0.717, 1.165) is 17.8 Å². The van der Waals surface area contributed by atoms with Crippen molar-refractivity contribution in [3.63, 3.8) is 0 Å². The summed E-state index contributed by atoms with van der Waals surface area (Å²) in [7, 11) is 0. The van der Waals surface area contributed by atoms with Crippen LogP contribution >= 0.6 is 11.3 Å². The van der Waals surface area contributed by atoms with E-state index in [1.54, 1.807) is 0 Å². The number of anilines is 1. The van der Waals surface area contributed by atoms with Gasteiger partial charge < -0.3 is 4.74 Å². The number of nitrogens with zero attached hydrogens (tertiary/aromatic N) is 2. The van der Waals surface area contributed by atoms with Crippen molar-refractivity contribution in [3.8, 4) is 0 Å². The van der Waals surface area contributed by atoms with Crippen LogP contribution in [0.4, 0.5) is 18.3 Å². The molecule has 0 radical (unpaired) electrons. The lowest BCUT2D eigenvalue weighted by Crippen LogP contribution is -2.31. The molecule has 1 fully saturated rings. The highest BCUT2D eigenvalue weighted by Crippen LogP contribution is 2.42. The number of nitrogens with one attached hydrogen (secondary N) is 1. The number of ether oxygens (including phenoxy) is 1. The summed E-state index contributed by atoms with van der Waals surface area (Å²) in [5.74, 6) is -0.246. The molecule has 5 nitrogen and oxygen atoms in total. The molecule has 0 saturated heterocycles. The van der Waals surface area contributed by atoms with Crippen molar-refractivity contribution in [1.29, 1.82) is 0 Å².